The van der Waals surface area contributed by atoms with Crippen molar-refractivity contribution in [2.75, 3.05) is 69.2 Å². The maximum Gasteiger partial charge on any atom is 0.260 e. The number of aryl methyl sites for hydroxylation is 1. The lowest BCUT2D eigenvalue weighted by Crippen LogP contribution is -2.59. The molecule has 8 heterocycles. The molecule has 20 nitrogen and oxygen atoms in total. The number of aliphatic hydroxyl groups excluding tert-OH is 1. The van der Waals surface area contributed by atoms with E-state index in [9.17, 15) is 33.9 Å². The fourth-order valence-corrected chi connectivity index (χ4v) is 12.3. The van der Waals surface area contributed by atoms with Crippen molar-refractivity contribution in [3.63, 3.8) is 0 Å². The van der Waals surface area contributed by atoms with E-state index < -0.39 is 47.0 Å². The molecule has 1 aromatic carbocycles. The number of nitriles is 1. The average Bonchev–Trinajstić information content (AvgIpc) is 4.13. The van der Waals surface area contributed by atoms with Crippen LogP contribution in [0.25, 0.3) is 37.9 Å². The van der Waals surface area contributed by atoms with Gasteiger partial charge in [-0.15, -0.1) is 21.5 Å². The number of hydrogen-bond donors (Lipinski definition) is 4. The van der Waals surface area contributed by atoms with E-state index in [1.54, 1.807) is 54.4 Å². The molecule has 4 aliphatic rings. The third-order valence-electron chi connectivity index (χ3n) is 15.2. The lowest BCUT2D eigenvalue weighted by molar-refractivity contribution is -0.145. The molecule has 4 amide bonds. The number of nitrogens with zero attached hydrogens (tertiary/aromatic N) is 11. The molecule has 3 atom stereocenters. The van der Waals surface area contributed by atoms with Crippen molar-refractivity contribution in [3.05, 3.63) is 77.2 Å². The monoisotopic (exact) mass is 1110 g/mol. The van der Waals surface area contributed by atoms with Crippen molar-refractivity contribution >= 4 is 62.6 Å². The Morgan fingerprint density at radius 3 is 2.46 bits per heavy atom. The highest BCUT2D eigenvalue weighted by atomic mass is 32.1. The molecular weight excluding hydrogens is 1050 g/mol. The van der Waals surface area contributed by atoms with Gasteiger partial charge in [0.1, 0.15) is 23.9 Å². The largest absolute Gasteiger partial charge is 0.483 e. The zero-order valence-electron chi connectivity index (χ0n) is 45.4. The Morgan fingerprint density at radius 1 is 0.987 bits per heavy atom. The number of piperidine rings is 1. The van der Waals surface area contributed by atoms with Crippen molar-refractivity contribution in [1.82, 2.24) is 55.1 Å². The summed E-state index contributed by atoms with van der Waals surface area (Å²) in [7, 11) is 0. The number of fused-ring (bicyclic) bond motifs is 1. The topological polar surface area (TPSA) is 239 Å². The van der Waals surface area contributed by atoms with Gasteiger partial charge in [-0.05, 0) is 93.7 Å². The molecule has 23 heteroatoms. The highest BCUT2D eigenvalue weighted by molar-refractivity contribution is 7.18. The van der Waals surface area contributed by atoms with Crippen LogP contribution in [0.3, 0.4) is 0 Å². The summed E-state index contributed by atoms with van der Waals surface area (Å²) in [6.07, 6.45) is 4.34. The number of piperazine rings is 1. The summed E-state index contributed by atoms with van der Waals surface area (Å²) in [5.74, 6) is -1.18. The zero-order chi connectivity index (χ0) is 55.8. The number of aliphatic hydroxyl groups is 1. The average molecular weight is 1120 g/mol. The molecule has 3 saturated heterocycles. The van der Waals surface area contributed by atoms with E-state index in [0.29, 0.717) is 35.9 Å². The van der Waals surface area contributed by atoms with Crippen LogP contribution >= 0.6 is 22.7 Å². The Bertz CT molecular complexity index is 3270. The number of alkyl halides is 1. The van der Waals surface area contributed by atoms with Gasteiger partial charge >= 0.3 is 0 Å². The van der Waals surface area contributed by atoms with Crippen LogP contribution in [0.1, 0.15) is 83.5 Å². The predicted molar refractivity (Wildman–Crippen MR) is 299 cm³/mol. The van der Waals surface area contributed by atoms with Crippen molar-refractivity contribution < 1.29 is 33.4 Å². The number of β-amino-alcohol motifs (C(OH)–C–C–N with tert-alkyl or cyclic N) is 1. The quantitative estimate of drug-likeness (QED) is 0.0809. The van der Waals surface area contributed by atoms with Crippen LogP contribution in [0, 0.1) is 29.6 Å². The number of aromatic nitrogens is 6. The minimum absolute atomic E-state index is 0.00723. The van der Waals surface area contributed by atoms with Crippen LogP contribution in [0.15, 0.2) is 60.4 Å². The number of carbonyl (C=O) groups excluding carboxylic acids is 4. The summed E-state index contributed by atoms with van der Waals surface area (Å²) in [5, 5.41) is 44.5. The number of hydrogen-bond acceptors (Lipinski definition) is 17. The fourth-order valence-electron chi connectivity index (χ4n) is 10.6. The Morgan fingerprint density at radius 2 is 1.76 bits per heavy atom. The Labute approximate surface area is 466 Å². The number of ether oxygens (including phenoxy) is 1. The predicted octanol–water partition coefficient (Wildman–Crippen LogP) is 6.09. The summed E-state index contributed by atoms with van der Waals surface area (Å²) in [6.45, 7) is 16.6. The number of anilines is 2. The second kappa shape index (κ2) is 22.9. The van der Waals surface area contributed by atoms with E-state index in [2.05, 4.69) is 65.9 Å². The van der Waals surface area contributed by atoms with Gasteiger partial charge in [0.05, 0.1) is 56.4 Å². The molecule has 0 bridgehead atoms. The number of nitrogens with one attached hydrogen (secondary N) is 3. The van der Waals surface area contributed by atoms with Gasteiger partial charge in [0, 0.05) is 88.8 Å². The van der Waals surface area contributed by atoms with Gasteiger partial charge in [-0.1, -0.05) is 44.2 Å². The molecule has 4 N–H and O–H groups in total. The van der Waals surface area contributed by atoms with Crippen LogP contribution in [0.5, 0.6) is 5.75 Å². The Balaban J connectivity index is 0.716. The first-order chi connectivity index (χ1) is 37.8. The van der Waals surface area contributed by atoms with E-state index >= 15 is 0 Å². The van der Waals surface area contributed by atoms with Gasteiger partial charge in [-0.25, -0.2) is 13.9 Å². The van der Waals surface area contributed by atoms with E-state index in [0.717, 1.165) is 100.0 Å². The lowest BCUT2D eigenvalue weighted by atomic mass is 9.85. The van der Waals surface area contributed by atoms with Crippen LogP contribution in [-0.2, 0) is 25.7 Å². The lowest BCUT2D eigenvalue weighted by Gasteiger charge is -2.38. The molecule has 0 radical (unpaired) electrons. The number of likely N-dealkylation sites (tertiary alicyclic amines) is 2. The minimum atomic E-state index is -1.99. The maximum absolute atomic E-state index is 14.7. The molecule has 4 fully saturated rings. The Kier molecular flexibility index (Phi) is 16.0. The molecule has 1 saturated carbocycles. The molecule has 3 aliphatic heterocycles. The minimum Gasteiger partial charge on any atom is -0.483 e. The summed E-state index contributed by atoms with van der Waals surface area (Å²) in [4.78, 5) is 72.6. The Hall–Kier alpha value is -7.13. The number of pyridine rings is 1. The first-order valence-corrected chi connectivity index (χ1v) is 28.7. The van der Waals surface area contributed by atoms with Gasteiger partial charge in [-0.2, -0.15) is 10.4 Å². The third kappa shape index (κ3) is 12.4. The van der Waals surface area contributed by atoms with Crippen molar-refractivity contribution in [2.24, 2.45) is 11.3 Å². The normalized spacial score (nSPS) is 19.1. The summed E-state index contributed by atoms with van der Waals surface area (Å²) >= 11 is 3.04. The van der Waals surface area contributed by atoms with E-state index in [4.69, 9.17) is 9.72 Å². The number of halogens is 1. The van der Waals surface area contributed by atoms with Crippen molar-refractivity contribution in [2.45, 2.75) is 110 Å². The van der Waals surface area contributed by atoms with Gasteiger partial charge in [0.25, 0.3) is 11.8 Å². The van der Waals surface area contributed by atoms with Crippen LogP contribution in [0.2, 0.25) is 0 Å². The first kappa shape index (κ1) is 55.2. The van der Waals surface area contributed by atoms with Gasteiger partial charge in [-0.3, -0.25) is 29.1 Å². The van der Waals surface area contributed by atoms with Gasteiger partial charge < -0.3 is 40.5 Å². The second-order valence-corrected chi connectivity index (χ2v) is 24.4. The molecule has 79 heavy (non-hydrogen) atoms. The summed E-state index contributed by atoms with van der Waals surface area (Å²) in [5.41, 5.74) is 5.91. The van der Waals surface area contributed by atoms with Crippen molar-refractivity contribution in [3.8, 4) is 44.2 Å². The summed E-state index contributed by atoms with van der Waals surface area (Å²) in [6, 6.07) is 13.4. The van der Waals surface area contributed by atoms with E-state index in [1.807, 2.05) is 54.4 Å². The standard InChI is InChI=1S/C56H67FN14O6S2/c1-33(2)63-42-24-43(44-10-9-39-21-36(25-58)26-62-71(39)44)59-28-41(42)51-65-66-54(79-51)69-19-17-67(18-20-69)29-35-11-15-68(16-12-35)47(73)31-77-46-22-37(48-34(3)61-32-78-48)7-8-38(46)27-60-50(74)45-23-40(72)30-70(45)52(75)49(55(4,5)6)64-53(76)56(57)13-14-56/h7-10,21-22,24,26,28,32-33,35,40,45,49,72H,11-20,23,27,29-31H2,1-6H3,(H,59,63)(H,60,74)(H,64,76)/t40-,45+,49-/m1/s1. The van der Waals surface area contributed by atoms with Crippen LogP contribution < -0.4 is 25.6 Å². The van der Waals surface area contributed by atoms with Crippen LogP contribution in [0.4, 0.5) is 15.2 Å². The SMILES string of the molecule is Cc1ncsc1-c1ccc(CNC(=O)[C@@H]2C[C@@H](O)CN2C(=O)[C@@H](NC(=O)C2(F)CC2)C(C)(C)C)c(OCC(=O)N2CCC(CN3CCN(c4nnc(-c5cnc(-c6ccc7cc(C#N)cnn67)cc5NC(C)C)s4)CC3)CC2)c1. The number of carbonyl (C=O) groups is 4. The zero-order valence-corrected chi connectivity index (χ0v) is 47.0. The van der Waals surface area contributed by atoms with Gasteiger partial charge in [0.2, 0.25) is 16.9 Å². The number of thiazole rings is 1. The van der Waals surface area contributed by atoms with E-state index in [1.165, 1.54) is 16.2 Å². The second-order valence-electron chi connectivity index (χ2n) is 22.6. The molecule has 416 valence electrons. The number of benzene rings is 1. The number of rotatable bonds is 17. The summed E-state index contributed by atoms with van der Waals surface area (Å²) < 4.78 is 22.8. The molecule has 0 unspecified atom stereocenters. The van der Waals surface area contributed by atoms with Gasteiger partial charge in [0.15, 0.2) is 17.3 Å². The molecule has 10 rings (SSSR count). The highest BCUT2D eigenvalue weighted by Gasteiger charge is 2.53. The highest BCUT2D eigenvalue weighted by Crippen LogP contribution is 2.41. The molecule has 5 aromatic heterocycles. The van der Waals surface area contributed by atoms with Crippen molar-refractivity contribution in [1.29, 1.82) is 5.26 Å². The first-order valence-electron chi connectivity index (χ1n) is 27.0. The molecule has 0 spiro atoms. The third-order valence-corrected chi connectivity index (χ3v) is 17.2. The maximum atomic E-state index is 14.7. The number of amides is 4. The molecule has 1 aliphatic carbocycles. The smallest absolute Gasteiger partial charge is 0.260 e. The van der Waals surface area contributed by atoms with E-state index in [-0.39, 0.29) is 50.9 Å². The van der Waals surface area contributed by atoms with Crippen LogP contribution in [-0.4, -0.2) is 162 Å². The fraction of sp³-hybridized carbons (Fsp3) is 0.500. The molecule has 6 aromatic rings. The molecular formula is C56H67FN14O6S2.